The van der Waals surface area contributed by atoms with Crippen molar-refractivity contribution in [3.63, 3.8) is 0 Å². The number of rotatable bonds is 6. The number of amides is 1. The molecule has 0 spiro atoms. The van der Waals surface area contributed by atoms with Crippen molar-refractivity contribution >= 4 is 17.5 Å². The van der Waals surface area contributed by atoms with Gasteiger partial charge in [-0.1, -0.05) is 11.6 Å². The molecule has 10 heteroatoms. The fraction of sp³-hybridized carbons (Fsp3) is 0.357. The minimum Gasteiger partial charge on any atom is -0.492 e. The highest BCUT2D eigenvalue weighted by Crippen LogP contribution is 2.35. The van der Waals surface area contributed by atoms with E-state index in [9.17, 15) is 18.0 Å². The van der Waals surface area contributed by atoms with Crippen molar-refractivity contribution in [2.75, 3.05) is 13.2 Å². The molecular formula is C14H14ClF3N4O2. The molecule has 1 amide bonds. The molecule has 0 unspecified atom stereocenters. The van der Waals surface area contributed by atoms with E-state index in [-0.39, 0.29) is 12.2 Å². The van der Waals surface area contributed by atoms with Gasteiger partial charge >= 0.3 is 6.18 Å². The molecule has 24 heavy (non-hydrogen) atoms. The van der Waals surface area contributed by atoms with Crippen molar-refractivity contribution in [1.29, 1.82) is 0 Å². The van der Waals surface area contributed by atoms with Crippen molar-refractivity contribution in [1.82, 2.24) is 20.1 Å². The molecule has 0 bridgehead atoms. The minimum atomic E-state index is -4.72. The molecule has 0 aliphatic carbocycles. The summed E-state index contributed by atoms with van der Waals surface area (Å²) in [5, 5.41) is 5.02. The van der Waals surface area contributed by atoms with E-state index < -0.39 is 22.8 Å². The van der Waals surface area contributed by atoms with E-state index in [1.165, 1.54) is 7.05 Å². The van der Waals surface area contributed by atoms with E-state index in [2.05, 4.69) is 15.4 Å². The van der Waals surface area contributed by atoms with Crippen LogP contribution < -0.4 is 10.1 Å². The first-order valence-corrected chi connectivity index (χ1v) is 7.29. The van der Waals surface area contributed by atoms with Crippen LogP contribution in [0.2, 0.25) is 5.02 Å². The lowest BCUT2D eigenvalue weighted by Crippen LogP contribution is -2.27. The van der Waals surface area contributed by atoms with Crippen LogP contribution >= 0.6 is 11.6 Å². The average Bonchev–Trinajstić information content (AvgIpc) is 2.83. The number of ether oxygens (including phenoxy) is 1. The SMILES string of the molecule is Cn1nc(C(F)(F)F)c(Cl)c1C(=O)NCCCOc1cccnc1. The van der Waals surface area contributed by atoms with Gasteiger partial charge in [0.1, 0.15) is 16.5 Å². The van der Waals surface area contributed by atoms with Gasteiger partial charge in [-0.15, -0.1) is 0 Å². The third-order valence-corrected chi connectivity index (χ3v) is 3.34. The molecule has 2 aromatic rings. The monoisotopic (exact) mass is 362 g/mol. The highest BCUT2D eigenvalue weighted by molar-refractivity contribution is 6.34. The van der Waals surface area contributed by atoms with Crippen molar-refractivity contribution in [3.8, 4) is 5.75 Å². The second-order valence-electron chi connectivity index (χ2n) is 4.78. The first kappa shape index (κ1) is 18.1. The second kappa shape index (κ2) is 7.52. The lowest BCUT2D eigenvalue weighted by Gasteiger charge is -2.07. The van der Waals surface area contributed by atoms with Crippen LogP contribution in [0.1, 0.15) is 22.6 Å². The fourth-order valence-electron chi connectivity index (χ4n) is 1.91. The van der Waals surface area contributed by atoms with Gasteiger partial charge in [0.2, 0.25) is 0 Å². The van der Waals surface area contributed by atoms with Crippen LogP contribution in [0, 0.1) is 0 Å². The number of aryl methyl sites for hydroxylation is 1. The van der Waals surface area contributed by atoms with Crippen molar-refractivity contribution < 1.29 is 22.7 Å². The fourth-order valence-corrected chi connectivity index (χ4v) is 2.26. The molecule has 0 aromatic carbocycles. The zero-order valence-corrected chi connectivity index (χ0v) is 13.4. The molecule has 0 aliphatic heterocycles. The number of nitrogens with zero attached hydrogens (tertiary/aromatic N) is 3. The van der Waals surface area contributed by atoms with Gasteiger partial charge in [-0.25, -0.2) is 0 Å². The number of carbonyl (C=O) groups excluding carboxylic acids is 1. The Balaban J connectivity index is 1.86. The predicted octanol–water partition coefficient (Wildman–Crippen LogP) is 2.69. The number of hydrogen-bond donors (Lipinski definition) is 1. The molecule has 0 fully saturated rings. The smallest absolute Gasteiger partial charge is 0.436 e. The van der Waals surface area contributed by atoms with Crippen LogP contribution in [0.5, 0.6) is 5.75 Å². The normalized spacial score (nSPS) is 11.4. The van der Waals surface area contributed by atoms with E-state index in [0.717, 1.165) is 4.68 Å². The van der Waals surface area contributed by atoms with E-state index in [4.69, 9.17) is 16.3 Å². The zero-order chi connectivity index (χ0) is 17.7. The summed E-state index contributed by atoms with van der Waals surface area (Å²) >= 11 is 5.63. The van der Waals surface area contributed by atoms with Crippen molar-refractivity contribution in [2.24, 2.45) is 7.05 Å². The van der Waals surface area contributed by atoms with Gasteiger partial charge in [0, 0.05) is 19.8 Å². The Morgan fingerprint density at radius 3 is 2.79 bits per heavy atom. The van der Waals surface area contributed by atoms with Gasteiger partial charge in [0.25, 0.3) is 5.91 Å². The average molecular weight is 363 g/mol. The van der Waals surface area contributed by atoms with Gasteiger partial charge in [-0.3, -0.25) is 14.5 Å². The van der Waals surface area contributed by atoms with Crippen LogP contribution in [-0.2, 0) is 13.2 Å². The molecule has 0 saturated carbocycles. The van der Waals surface area contributed by atoms with Crippen molar-refractivity contribution in [3.05, 3.63) is 40.9 Å². The highest BCUT2D eigenvalue weighted by Gasteiger charge is 2.39. The third kappa shape index (κ3) is 4.38. The predicted molar refractivity (Wildman–Crippen MR) is 79.9 cm³/mol. The number of aromatic nitrogens is 3. The third-order valence-electron chi connectivity index (χ3n) is 2.98. The van der Waals surface area contributed by atoms with E-state index in [0.29, 0.717) is 18.8 Å². The standard InChI is InChI=1S/C14H14ClF3N4O2/c1-22-11(10(15)12(21-22)14(16,17)18)13(23)20-6-3-7-24-9-4-2-5-19-8-9/h2,4-5,8H,3,6-7H2,1H3,(H,20,23). The minimum absolute atomic E-state index is 0.210. The number of carbonyl (C=O) groups is 1. The Bertz CT molecular complexity index is 704. The van der Waals surface area contributed by atoms with Gasteiger partial charge in [-0.05, 0) is 18.6 Å². The molecule has 2 heterocycles. The van der Waals surface area contributed by atoms with Crippen LogP contribution in [0.15, 0.2) is 24.5 Å². The van der Waals surface area contributed by atoms with Crippen LogP contribution in [-0.4, -0.2) is 33.8 Å². The summed E-state index contributed by atoms with van der Waals surface area (Å²) in [5.74, 6) is -0.139. The topological polar surface area (TPSA) is 69.0 Å². The largest absolute Gasteiger partial charge is 0.492 e. The number of nitrogens with one attached hydrogen (secondary N) is 1. The van der Waals surface area contributed by atoms with Gasteiger partial charge in [0.05, 0.1) is 12.8 Å². The summed E-state index contributed by atoms with van der Waals surface area (Å²) in [5.41, 5.74) is -1.62. The molecule has 6 nitrogen and oxygen atoms in total. The van der Waals surface area contributed by atoms with E-state index in [1.54, 1.807) is 24.5 Å². The summed E-state index contributed by atoms with van der Waals surface area (Å²) in [6.45, 7) is 0.529. The van der Waals surface area contributed by atoms with Crippen LogP contribution in [0.25, 0.3) is 0 Å². The number of pyridine rings is 1. The highest BCUT2D eigenvalue weighted by atomic mass is 35.5. The Kier molecular flexibility index (Phi) is 5.66. The number of alkyl halides is 3. The van der Waals surface area contributed by atoms with E-state index in [1.807, 2.05) is 0 Å². The maximum atomic E-state index is 12.7. The molecule has 0 saturated heterocycles. The maximum Gasteiger partial charge on any atom is 0.436 e. The van der Waals surface area contributed by atoms with Gasteiger partial charge in [0.15, 0.2) is 5.69 Å². The first-order chi connectivity index (χ1) is 11.3. The zero-order valence-electron chi connectivity index (χ0n) is 12.6. The summed E-state index contributed by atoms with van der Waals surface area (Å²) in [4.78, 5) is 15.9. The lowest BCUT2D eigenvalue weighted by molar-refractivity contribution is -0.141. The Morgan fingerprint density at radius 1 is 1.46 bits per heavy atom. The summed E-state index contributed by atoms with van der Waals surface area (Å²) in [7, 11) is 1.22. The summed E-state index contributed by atoms with van der Waals surface area (Å²) in [6, 6.07) is 3.46. The maximum absolute atomic E-state index is 12.7. The number of hydrogen-bond acceptors (Lipinski definition) is 4. The molecule has 130 valence electrons. The Hall–Kier alpha value is -2.29. The van der Waals surface area contributed by atoms with Gasteiger partial charge in [-0.2, -0.15) is 18.3 Å². The summed E-state index contributed by atoms with van der Waals surface area (Å²) in [6.07, 6.45) is -1.10. The van der Waals surface area contributed by atoms with Crippen molar-refractivity contribution in [2.45, 2.75) is 12.6 Å². The van der Waals surface area contributed by atoms with Gasteiger partial charge < -0.3 is 10.1 Å². The Morgan fingerprint density at radius 2 is 2.21 bits per heavy atom. The molecule has 2 aromatic heterocycles. The van der Waals surface area contributed by atoms with Crippen LogP contribution in [0.3, 0.4) is 0 Å². The second-order valence-corrected chi connectivity index (χ2v) is 5.16. The van der Waals surface area contributed by atoms with Crippen LogP contribution in [0.4, 0.5) is 13.2 Å². The molecule has 0 atom stereocenters. The molecule has 2 rings (SSSR count). The number of halogens is 4. The molecule has 1 N–H and O–H groups in total. The molecule has 0 radical (unpaired) electrons. The quantitative estimate of drug-likeness (QED) is 0.802. The molecule has 0 aliphatic rings. The lowest BCUT2D eigenvalue weighted by atomic mass is 10.3. The Labute approximate surface area is 140 Å². The molecular weight excluding hydrogens is 349 g/mol. The van der Waals surface area contributed by atoms with E-state index >= 15 is 0 Å². The summed E-state index contributed by atoms with van der Waals surface area (Å²) < 4.78 is 44.3. The first-order valence-electron chi connectivity index (χ1n) is 6.91.